The van der Waals surface area contributed by atoms with Crippen molar-refractivity contribution in [1.29, 1.82) is 0 Å². The number of carbonyl (C=O) groups is 1. The molecule has 0 spiro atoms. The van der Waals surface area contributed by atoms with Gasteiger partial charge in [-0.2, -0.15) is 0 Å². The van der Waals surface area contributed by atoms with Gasteiger partial charge in [-0.05, 0) is 57.0 Å². The van der Waals surface area contributed by atoms with Gasteiger partial charge in [-0.3, -0.25) is 4.79 Å². The Morgan fingerprint density at radius 2 is 1.67 bits per heavy atom. The average molecular weight is 327 g/mol. The highest BCUT2D eigenvalue weighted by Crippen LogP contribution is 2.24. The van der Waals surface area contributed by atoms with Gasteiger partial charge in [0.2, 0.25) is 0 Å². The van der Waals surface area contributed by atoms with Crippen LogP contribution in [0.15, 0.2) is 42.5 Å². The number of carbonyl (C=O) groups excluding carboxylic acids is 1. The van der Waals surface area contributed by atoms with Crippen LogP contribution < -0.4 is 14.8 Å². The molecule has 2 rings (SSSR count). The summed E-state index contributed by atoms with van der Waals surface area (Å²) >= 11 is 0. The van der Waals surface area contributed by atoms with Crippen LogP contribution in [0.1, 0.15) is 36.6 Å². The minimum Gasteiger partial charge on any atom is -0.496 e. The highest BCUT2D eigenvalue weighted by Gasteiger charge is 2.19. The van der Waals surface area contributed by atoms with Gasteiger partial charge in [0.15, 0.2) is 6.10 Å². The number of aryl methyl sites for hydroxylation is 2. The monoisotopic (exact) mass is 327 g/mol. The molecule has 0 bridgehead atoms. The molecule has 2 atom stereocenters. The zero-order chi connectivity index (χ0) is 17.7. The topological polar surface area (TPSA) is 47.6 Å². The van der Waals surface area contributed by atoms with Crippen molar-refractivity contribution in [3.05, 3.63) is 59.2 Å². The maximum atomic E-state index is 12.4. The summed E-state index contributed by atoms with van der Waals surface area (Å²) in [6, 6.07) is 13.4. The summed E-state index contributed by atoms with van der Waals surface area (Å²) in [4.78, 5) is 12.4. The Morgan fingerprint density at radius 3 is 2.29 bits per heavy atom. The van der Waals surface area contributed by atoms with Crippen LogP contribution in [0.3, 0.4) is 0 Å². The number of ether oxygens (including phenoxy) is 2. The lowest BCUT2D eigenvalue weighted by Gasteiger charge is -2.20. The summed E-state index contributed by atoms with van der Waals surface area (Å²) in [5.41, 5.74) is 3.16. The van der Waals surface area contributed by atoms with Gasteiger partial charge in [-0.15, -0.1) is 0 Å². The number of hydrogen-bond acceptors (Lipinski definition) is 3. The van der Waals surface area contributed by atoms with E-state index in [0.717, 1.165) is 22.4 Å². The average Bonchev–Trinajstić information content (AvgIpc) is 2.53. The molecule has 0 radical (unpaired) electrons. The molecule has 1 amide bonds. The lowest BCUT2D eigenvalue weighted by atomic mass is 10.1. The predicted molar refractivity (Wildman–Crippen MR) is 95.6 cm³/mol. The number of rotatable bonds is 6. The number of methoxy groups -OCH3 is 1. The lowest BCUT2D eigenvalue weighted by Crippen LogP contribution is -2.37. The first-order chi connectivity index (χ1) is 11.4. The second kappa shape index (κ2) is 7.86. The van der Waals surface area contributed by atoms with Crippen LogP contribution in [0.2, 0.25) is 0 Å². The van der Waals surface area contributed by atoms with Crippen molar-refractivity contribution in [2.24, 2.45) is 0 Å². The van der Waals surface area contributed by atoms with Crippen LogP contribution >= 0.6 is 0 Å². The van der Waals surface area contributed by atoms with Gasteiger partial charge in [0, 0.05) is 5.56 Å². The summed E-state index contributed by atoms with van der Waals surface area (Å²) in [6.45, 7) is 7.70. The van der Waals surface area contributed by atoms with Crippen molar-refractivity contribution in [1.82, 2.24) is 5.32 Å². The van der Waals surface area contributed by atoms with E-state index in [0.29, 0.717) is 5.75 Å². The molecule has 4 heteroatoms. The molecule has 1 N–H and O–H groups in total. The van der Waals surface area contributed by atoms with Crippen molar-refractivity contribution in [3.8, 4) is 11.5 Å². The third kappa shape index (κ3) is 4.51. The van der Waals surface area contributed by atoms with E-state index < -0.39 is 6.10 Å². The Bertz CT molecular complexity index is 692. The van der Waals surface area contributed by atoms with Gasteiger partial charge < -0.3 is 14.8 Å². The smallest absolute Gasteiger partial charge is 0.261 e. The van der Waals surface area contributed by atoms with E-state index in [1.165, 1.54) is 0 Å². The maximum absolute atomic E-state index is 12.4. The van der Waals surface area contributed by atoms with Crippen LogP contribution in [0, 0.1) is 13.8 Å². The van der Waals surface area contributed by atoms with Crippen LogP contribution in [0.5, 0.6) is 11.5 Å². The molecule has 0 unspecified atom stereocenters. The molecule has 0 fully saturated rings. The summed E-state index contributed by atoms with van der Waals surface area (Å²) in [6.07, 6.45) is -0.580. The lowest BCUT2D eigenvalue weighted by molar-refractivity contribution is -0.127. The third-order valence-electron chi connectivity index (χ3n) is 3.84. The van der Waals surface area contributed by atoms with Crippen molar-refractivity contribution < 1.29 is 14.3 Å². The molecule has 2 aromatic rings. The molecule has 128 valence electrons. The number of benzene rings is 2. The number of nitrogens with one attached hydrogen (secondary N) is 1. The van der Waals surface area contributed by atoms with Gasteiger partial charge in [0.25, 0.3) is 5.91 Å². The van der Waals surface area contributed by atoms with Gasteiger partial charge in [-0.1, -0.05) is 24.3 Å². The predicted octanol–water partition coefficient (Wildman–Crippen LogP) is 3.96. The molecular formula is C20H25NO3. The maximum Gasteiger partial charge on any atom is 0.261 e. The Kier molecular flexibility index (Phi) is 5.85. The Hall–Kier alpha value is -2.49. The molecule has 0 aliphatic carbocycles. The second-order valence-corrected chi connectivity index (χ2v) is 6.06. The van der Waals surface area contributed by atoms with Gasteiger partial charge in [0.1, 0.15) is 11.5 Å². The summed E-state index contributed by atoms with van der Waals surface area (Å²) in [7, 11) is 1.62. The van der Waals surface area contributed by atoms with Crippen molar-refractivity contribution in [3.63, 3.8) is 0 Å². The van der Waals surface area contributed by atoms with Crippen molar-refractivity contribution in [2.75, 3.05) is 7.11 Å². The Labute approximate surface area is 143 Å². The molecule has 2 aromatic carbocycles. The largest absolute Gasteiger partial charge is 0.496 e. The highest BCUT2D eigenvalue weighted by molar-refractivity contribution is 5.81. The molecule has 0 heterocycles. The molecule has 0 aliphatic rings. The SMILES string of the molecule is COc1ccccc1[C@H](C)NC(=O)[C@@H](C)Oc1cc(C)cc(C)c1. The standard InChI is InChI=1S/C20H25NO3/c1-13-10-14(2)12-17(11-13)24-16(4)20(22)21-15(3)18-8-6-7-9-19(18)23-5/h6-12,15-16H,1-5H3,(H,21,22)/t15-,16+/m0/s1. The van der Waals surface area contributed by atoms with Crippen LogP contribution in [0.4, 0.5) is 0 Å². The zero-order valence-electron chi connectivity index (χ0n) is 14.9. The first-order valence-corrected chi connectivity index (χ1v) is 8.09. The highest BCUT2D eigenvalue weighted by atomic mass is 16.5. The Morgan fingerprint density at radius 1 is 1.04 bits per heavy atom. The molecular weight excluding hydrogens is 302 g/mol. The van der Waals surface area contributed by atoms with Gasteiger partial charge >= 0.3 is 0 Å². The van der Waals surface area contributed by atoms with E-state index in [-0.39, 0.29) is 11.9 Å². The molecule has 0 aliphatic heterocycles. The Balaban J connectivity index is 2.03. The first kappa shape index (κ1) is 17.9. The summed E-state index contributed by atoms with van der Waals surface area (Å²) < 4.78 is 11.1. The number of para-hydroxylation sites is 1. The zero-order valence-corrected chi connectivity index (χ0v) is 14.9. The molecule has 0 saturated heterocycles. The fourth-order valence-corrected chi connectivity index (χ4v) is 2.69. The van der Waals surface area contributed by atoms with Crippen LogP contribution in [-0.2, 0) is 4.79 Å². The first-order valence-electron chi connectivity index (χ1n) is 8.09. The van der Waals surface area contributed by atoms with E-state index in [2.05, 4.69) is 11.4 Å². The van der Waals surface area contributed by atoms with Gasteiger partial charge in [-0.25, -0.2) is 0 Å². The third-order valence-corrected chi connectivity index (χ3v) is 3.84. The van der Waals surface area contributed by atoms with E-state index in [4.69, 9.17) is 9.47 Å². The number of hydrogen-bond donors (Lipinski definition) is 1. The minimum absolute atomic E-state index is 0.160. The van der Waals surface area contributed by atoms with Crippen LogP contribution in [-0.4, -0.2) is 19.1 Å². The summed E-state index contributed by atoms with van der Waals surface area (Å²) in [5, 5.41) is 2.98. The second-order valence-electron chi connectivity index (χ2n) is 6.06. The fraction of sp³-hybridized carbons (Fsp3) is 0.350. The molecule has 0 aromatic heterocycles. The van der Waals surface area contributed by atoms with Crippen molar-refractivity contribution >= 4 is 5.91 Å². The summed E-state index contributed by atoms with van der Waals surface area (Å²) in [5.74, 6) is 1.31. The van der Waals surface area contributed by atoms with Crippen LogP contribution in [0.25, 0.3) is 0 Å². The fourth-order valence-electron chi connectivity index (χ4n) is 2.69. The van der Waals surface area contributed by atoms with E-state index in [1.807, 2.05) is 57.2 Å². The van der Waals surface area contributed by atoms with Gasteiger partial charge in [0.05, 0.1) is 13.2 Å². The molecule has 4 nitrogen and oxygen atoms in total. The quantitative estimate of drug-likeness (QED) is 0.874. The number of amides is 1. The van der Waals surface area contributed by atoms with E-state index >= 15 is 0 Å². The minimum atomic E-state index is -0.580. The molecule has 24 heavy (non-hydrogen) atoms. The van der Waals surface area contributed by atoms with Crippen molar-refractivity contribution in [2.45, 2.75) is 39.8 Å². The van der Waals surface area contributed by atoms with E-state index in [9.17, 15) is 4.79 Å². The molecule has 0 saturated carbocycles. The van der Waals surface area contributed by atoms with E-state index in [1.54, 1.807) is 14.0 Å². The normalized spacial score (nSPS) is 13.0.